The number of fused-ring (bicyclic) bond motifs is 1. The van der Waals surface area contributed by atoms with Crippen LogP contribution in [0.1, 0.15) is 29.5 Å². The van der Waals surface area contributed by atoms with E-state index in [0.29, 0.717) is 5.56 Å². The quantitative estimate of drug-likeness (QED) is 0.735. The van der Waals surface area contributed by atoms with E-state index in [2.05, 4.69) is 0 Å². The van der Waals surface area contributed by atoms with Gasteiger partial charge < -0.3 is 15.9 Å². The van der Waals surface area contributed by atoms with Crippen molar-refractivity contribution in [1.82, 2.24) is 0 Å². The van der Waals surface area contributed by atoms with E-state index in [1.54, 1.807) is 6.07 Å². The molecular formula is C13H17NO3. The highest BCUT2D eigenvalue weighted by atomic mass is 16.4. The standard InChI is InChI=1S/C13H17NO3/c14-11(13(16)17)7-9-6-5-8-3-1-2-4-10(8)12(9)15/h5-6,11,15H,1-4,7,14H2,(H,16,17). The lowest BCUT2D eigenvalue weighted by molar-refractivity contribution is -0.138. The summed E-state index contributed by atoms with van der Waals surface area (Å²) >= 11 is 0. The molecule has 0 radical (unpaired) electrons. The summed E-state index contributed by atoms with van der Waals surface area (Å²) in [5.74, 6) is -0.791. The highest BCUT2D eigenvalue weighted by Gasteiger charge is 2.19. The minimum atomic E-state index is -1.04. The van der Waals surface area contributed by atoms with Crippen LogP contribution in [0.2, 0.25) is 0 Å². The first-order valence-electron chi connectivity index (χ1n) is 5.90. The molecule has 1 aromatic carbocycles. The predicted molar refractivity (Wildman–Crippen MR) is 64.1 cm³/mol. The van der Waals surface area contributed by atoms with Crippen molar-refractivity contribution < 1.29 is 15.0 Å². The summed E-state index contributed by atoms with van der Waals surface area (Å²) < 4.78 is 0. The fourth-order valence-corrected chi connectivity index (χ4v) is 2.35. The lowest BCUT2D eigenvalue weighted by atomic mass is 9.88. The molecule has 0 aliphatic heterocycles. The third-order valence-electron chi connectivity index (χ3n) is 3.34. The zero-order valence-corrected chi connectivity index (χ0v) is 9.65. The third-order valence-corrected chi connectivity index (χ3v) is 3.34. The van der Waals surface area contributed by atoms with Gasteiger partial charge in [-0.2, -0.15) is 0 Å². The Morgan fingerprint density at radius 1 is 1.35 bits per heavy atom. The molecule has 1 aliphatic carbocycles. The van der Waals surface area contributed by atoms with Gasteiger partial charge in [-0.25, -0.2) is 0 Å². The van der Waals surface area contributed by atoms with Gasteiger partial charge in [0.15, 0.2) is 0 Å². The Labute approximate surface area is 100 Å². The number of aliphatic carboxylic acids is 1. The molecule has 4 heteroatoms. The van der Waals surface area contributed by atoms with Crippen LogP contribution in [0.3, 0.4) is 0 Å². The molecule has 0 fully saturated rings. The number of phenolic OH excluding ortho intramolecular Hbond substituents is 1. The molecule has 92 valence electrons. The van der Waals surface area contributed by atoms with E-state index in [-0.39, 0.29) is 12.2 Å². The fraction of sp³-hybridized carbons (Fsp3) is 0.462. The Hall–Kier alpha value is -1.55. The number of carbonyl (C=O) groups is 1. The van der Waals surface area contributed by atoms with Crippen LogP contribution < -0.4 is 5.73 Å². The molecule has 0 aromatic heterocycles. The zero-order valence-electron chi connectivity index (χ0n) is 9.65. The van der Waals surface area contributed by atoms with E-state index in [4.69, 9.17) is 10.8 Å². The molecule has 1 aliphatic rings. The second-order valence-electron chi connectivity index (χ2n) is 4.57. The number of hydrogen-bond donors (Lipinski definition) is 3. The molecule has 0 saturated carbocycles. The summed E-state index contributed by atoms with van der Waals surface area (Å²) in [6.45, 7) is 0. The Kier molecular flexibility index (Phi) is 3.33. The van der Waals surface area contributed by atoms with Gasteiger partial charge in [-0.05, 0) is 42.4 Å². The summed E-state index contributed by atoms with van der Waals surface area (Å²) in [7, 11) is 0. The van der Waals surface area contributed by atoms with Crippen molar-refractivity contribution >= 4 is 5.97 Å². The van der Waals surface area contributed by atoms with Gasteiger partial charge in [-0.15, -0.1) is 0 Å². The van der Waals surface area contributed by atoms with Crippen molar-refractivity contribution in [2.75, 3.05) is 0 Å². The summed E-state index contributed by atoms with van der Waals surface area (Å²) in [5, 5.41) is 18.9. The Balaban J connectivity index is 2.27. The van der Waals surface area contributed by atoms with Gasteiger partial charge in [0, 0.05) is 6.42 Å². The number of phenols is 1. The molecule has 0 amide bonds. The molecule has 0 spiro atoms. The van der Waals surface area contributed by atoms with Crippen LogP contribution in [0.4, 0.5) is 0 Å². The van der Waals surface area contributed by atoms with Crippen molar-refractivity contribution in [3.8, 4) is 5.75 Å². The van der Waals surface area contributed by atoms with E-state index >= 15 is 0 Å². The van der Waals surface area contributed by atoms with Crippen molar-refractivity contribution in [2.45, 2.75) is 38.1 Å². The number of rotatable bonds is 3. The van der Waals surface area contributed by atoms with Crippen molar-refractivity contribution in [3.05, 3.63) is 28.8 Å². The van der Waals surface area contributed by atoms with Gasteiger partial charge in [0.1, 0.15) is 11.8 Å². The van der Waals surface area contributed by atoms with Crippen molar-refractivity contribution in [3.63, 3.8) is 0 Å². The Bertz CT molecular complexity index is 443. The first-order valence-corrected chi connectivity index (χ1v) is 5.90. The van der Waals surface area contributed by atoms with E-state index in [0.717, 1.165) is 31.2 Å². The van der Waals surface area contributed by atoms with Gasteiger partial charge >= 0.3 is 5.97 Å². The maximum Gasteiger partial charge on any atom is 0.320 e. The molecule has 4 N–H and O–H groups in total. The van der Waals surface area contributed by atoms with E-state index in [1.165, 1.54) is 5.56 Å². The summed E-state index contributed by atoms with van der Waals surface area (Å²) in [4.78, 5) is 10.7. The largest absolute Gasteiger partial charge is 0.507 e. The highest BCUT2D eigenvalue weighted by Crippen LogP contribution is 2.32. The highest BCUT2D eigenvalue weighted by molar-refractivity contribution is 5.73. The second kappa shape index (κ2) is 4.75. The molecule has 0 heterocycles. The van der Waals surface area contributed by atoms with E-state index < -0.39 is 12.0 Å². The second-order valence-corrected chi connectivity index (χ2v) is 4.57. The Morgan fingerprint density at radius 2 is 2.06 bits per heavy atom. The zero-order chi connectivity index (χ0) is 12.4. The van der Waals surface area contributed by atoms with Crippen LogP contribution in [0.15, 0.2) is 12.1 Å². The monoisotopic (exact) mass is 235 g/mol. The van der Waals surface area contributed by atoms with Crippen LogP contribution in [-0.2, 0) is 24.1 Å². The average Bonchev–Trinajstić information content (AvgIpc) is 2.33. The molecule has 0 bridgehead atoms. The smallest absolute Gasteiger partial charge is 0.320 e. The summed E-state index contributed by atoms with van der Waals surface area (Å²) in [5.41, 5.74) is 8.28. The van der Waals surface area contributed by atoms with Gasteiger partial charge in [0.25, 0.3) is 0 Å². The van der Waals surface area contributed by atoms with E-state index in [1.807, 2.05) is 6.07 Å². The normalized spacial score (nSPS) is 16.3. The number of carboxylic acid groups (broad SMARTS) is 1. The number of aromatic hydroxyl groups is 1. The van der Waals surface area contributed by atoms with Gasteiger partial charge in [-0.3, -0.25) is 4.79 Å². The predicted octanol–water partition coefficient (Wildman–Crippen LogP) is 1.23. The topological polar surface area (TPSA) is 83.5 Å². The first kappa shape index (κ1) is 11.9. The van der Waals surface area contributed by atoms with Gasteiger partial charge in [-0.1, -0.05) is 12.1 Å². The molecular weight excluding hydrogens is 218 g/mol. The molecule has 1 aromatic rings. The maximum absolute atomic E-state index is 10.7. The summed E-state index contributed by atoms with van der Waals surface area (Å²) in [6, 6.07) is 2.82. The fourth-order valence-electron chi connectivity index (χ4n) is 2.35. The average molecular weight is 235 g/mol. The maximum atomic E-state index is 10.7. The van der Waals surface area contributed by atoms with Crippen molar-refractivity contribution in [2.24, 2.45) is 5.73 Å². The minimum Gasteiger partial charge on any atom is -0.507 e. The van der Waals surface area contributed by atoms with Crippen LogP contribution in [0.5, 0.6) is 5.75 Å². The lowest BCUT2D eigenvalue weighted by Gasteiger charge is -2.19. The number of benzene rings is 1. The van der Waals surface area contributed by atoms with Crippen LogP contribution in [-0.4, -0.2) is 22.2 Å². The minimum absolute atomic E-state index is 0.175. The molecule has 2 rings (SSSR count). The van der Waals surface area contributed by atoms with Gasteiger partial charge in [0.2, 0.25) is 0 Å². The van der Waals surface area contributed by atoms with Gasteiger partial charge in [0.05, 0.1) is 0 Å². The first-order chi connectivity index (χ1) is 8.09. The number of hydrogen-bond acceptors (Lipinski definition) is 3. The molecule has 4 nitrogen and oxygen atoms in total. The number of nitrogens with two attached hydrogens (primary N) is 1. The van der Waals surface area contributed by atoms with Crippen LogP contribution >= 0.6 is 0 Å². The third kappa shape index (κ3) is 2.42. The van der Waals surface area contributed by atoms with Crippen LogP contribution in [0.25, 0.3) is 0 Å². The number of carboxylic acids is 1. The molecule has 17 heavy (non-hydrogen) atoms. The molecule has 0 saturated heterocycles. The van der Waals surface area contributed by atoms with Crippen LogP contribution in [0, 0.1) is 0 Å². The lowest BCUT2D eigenvalue weighted by Crippen LogP contribution is -2.32. The molecule has 1 atom stereocenters. The Morgan fingerprint density at radius 3 is 2.76 bits per heavy atom. The molecule has 1 unspecified atom stereocenters. The van der Waals surface area contributed by atoms with Crippen molar-refractivity contribution in [1.29, 1.82) is 0 Å². The van der Waals surface area contributed by atoms with E-state index in [9.17, 15) is 9.90 Å². The number of aryl methyl sites for hydroxylation is 1. The summed E-state index contributed by atoms with van der Waals surface area (Å²) in [6.07, 6.45) is 4.27. The SMILES string of the molecule is NC(Cc1ccc2c(c1O)CCCC2)C(=O)O.